The number of carbonyl (C=O) groups is 1. The van der Waals surface area contributed by atoms with Gasteiger partial charge in [-0.2, -0.15) is 4.98 Å². The highest BCUT2D eigenvalue weighted by molar-refractivity contribution is 5.90. The molecule has 2 aromatic heterocycles. The predicted octanol–water partition coefficient (Wildman–Crippen LogP) is 3.98. The molecule has 210 valence electrons. The number of halogens is 3. The third kappa shape index (κ3) is 6.16. The fourth-order valence-corrected chi connectivity index (χ4v) is 4.70. The normalized spacial score (nSPS) is 15.1. The van der Waals surface area contributed by atoms with Gasteiger partial charge in [0.1, 0.15) is 23.1 Å². The van der Waals surface area contributed by atoms with Crippen LogP contribution in [0, 0.1) is 12.7 Å². The van der Waals surface area contributed by atoms with E-state index < -0.39 is 23.3 Å². The number of ether oxygens (including phenoxy) is 1. The van der Waals surface area contributed by atoms with Crippen LogP contribution in [0.3, 0.4) is 0 Å². The Balaban J connectivity index is 1.66. The van der Waals surface area contributed by atoms with Crippen molar-refractivity contribution in [2.45, 2.75) is 32.7 Å². The maximum absolute atomic E-state index is 15.1. The number of alkyl halides is 2. The third-order valence-corrected chi connectivity index (χ3v) is 6.68. The van der Waals surface area contributed by atoms with Gasteiger partial charge in [0.15, 0.2) is 5.65 Å². The minimum absolute atomic E-state index is 0.0738. The van der Waals surface area contributed by atoms with Crippen molar-refractivity contribution >= 4 is 28.4 Å². The van der Waals surface area contributed by atoms with Gasteiger partial charge >= 0.3 is 0 Å². The molecule has 0 bridgehead atoms. The van der Waals surface area contributed by atoms with Gasteiger partial charge in [0.25, 0.3) is 5.92 Å². The summed E-state index contributed by atoms with van der Waals surface area (Å²) in [5, 5.41) is 3.75. The number of carbonyl (C=O) groups excluding carboxylic acids is 1. The van der Waals surface area contributed by atoms with Crippen molar-refractivity contribution in [3.05, 3.63) is 47.0 Å². The van der Waals surface area contributed by atoms with Gasteiger partial charge in [-0.1, -0.05) is 18.2 Å². The van der Waals surface area contributed by atoms with Crippen LogP contribution >= 0.6 is 0 Å². The summed E-state index contributed by atoms with van der Waals surface area (Å²) >= 11 is 0. The number of methoxy groups -OCH3 is 1. The molecule has 1 atom stereocenters. The average Bonchev–Trinajstić information content (AvgIpc) is 2.87. The van der Waals surface area contributed by atoms with Crippen molar-refractivity contribution in [3.8, 4) is 5.88 Å². The second kappa shape index (κ2) is 11.2. The second-order valence-electron chi connectivity index (χ2n) is 10.1. The van der Waals surface area contributed by atoms with E-state index in [9.17, 15) is 13.6 Å². The quantitative estimate of drug-likeness (QED) is 0.455. The summed E-state index contributed by atoms with van der Waals surface area (Å²) in [5.74, 6) is -2.98. The number of aromatic nitrogens is 3. The first-order chi connectivity index (χ1) is 18.4. The number of likely N-dealkylation sites (N-methyl/N-ethyl adjacent to an activating group) is 1. The average molecular weight is 546 g/mol. The van der Waals surface area contributed by atoms with E-state index in [4.69, 9.17) is 4.74 Å². The second-order valence-corrected chi connectivity index (χ2v) is 10.1. The smallest absolute Gasteiger partial charge is 0.273 e. The van der Waals surface area contributed by atoms with Gasteiger partial charge in [0.2, 0.25) is 11.8 Å². The Hall–Kier alpha value is -3.67. The summed E-state index contributed by atoms with van der Waals surface area (Å²) in [5.41, 5.74) is 0.534. The van der Waals surface area contributed by atoms with Crippen LogP contribution in [0.15, 0.2) is 24.3 Å². The Morgan fingerprint density at radius 3 is 2.49 bits per heavy atom. The Morgan fingerprint density at radius 2 is 1.87 bits per heavy atom. The van der Waals surface area contributed by atoms with Gasteiger partial charge in [0.05, 0.1) is 30.6 Å². The highest BCUT2D eigenvalue weighted by Crippen LogP contribution is 2.36. The summed E-state index contributed by atoms with van der Waals surface area (Å²) in [6.07, 6.45) is 0. The molecular formula is C27H34F3N7O2. The molecule has 1 aromatic carbocycles. The first-order valence-corrected chi connectivity index (χ1v) is 12.7. The molecule has 3 heterocycles. The number of piperazine rings is 1. The molecule has 0 aliphatic carbocycles. The largest absolute Gasteiger partial charge is 0.479 e. The van der Waals surface area contributed by atoms with E-state index in [1.807, 2.05) is 30.0 Å². The number of hydrogen-bond acceptors (Lipinski definition) is 8. The summed E-state index contributed by atoms with van der Waals surface area (Å²) in [6, 6.07) is 5.16. The van der Waals surface area contributed by atoms with Crippen LogP contribution in [0.2, 0.25) is 0 Å². The molecule has 0 spiro atoms. The molecule has 1 amide bonds. The van der Waals surface area contributed by atoms with Crippen LogP contribution in [-0.2, 0) is 10.7 Å². The first-order valence-electron chi connectivity index (χ1n) is 12.7. The standard InChI is InChI=1S/C27H34F3N7O2/c1-16(18-8-7-9-20(23(18)28)27(3,29)30)31-24-19-14-21(26(39-6)34-25(19)33-17(2)32-24)36-10-12-37(13-11-36)22(38)15-35(4)5/h7-9,14,16H,10-13,15H2,1-6H3,(H,31,32,33,34)/t16-/m1/s1. The van der Waals surface area contributed by atoms with Crippen molar-refractivity contribution < 1.29 is 22.7 Å². The van der Waals surface area contributed by atoms with Crippen molar-refractivity contribution in [2.24, 2.45) is 0 Å². The molecule has 0 unspecified atom stereocenters. The fourth-order valence-electron chi connectivity index (χ4n) is 4.70. The monoisotopic (exact) mass is 545 g/mol. The van der Waals surface area contributed by atoms with E-state index in [0.29, 0.717) is 73.9 Å². The van der Waals surface area contributed by atoms with Crippen molar-refractivity contribution in [1.82, 2.24) is 24.8 Å². The molecule has 1 saturated heterocycles. The van der Waals surface area contributed by atoms with Crippen LogP contribution in [0.25, 0.3) is 11.0 Å². The van der Waals surface area contributed by atoms with Gasteiger partial charge in [0, 0.05) is 38.7 Å². The molecular weight excluding hydrogens is 511 g/mol. The van der Waals surface area contributed by atoms with E-state index in [1.165, 1.54) is 19.2 Å². The summed E-state index contributed by atoms with van der Waals surface area (Å²) in [4.78, 5) is 31.8. The number of rotatable bonds is 8. The molecule has 4 rings (SSSR count). The van der Waals surface area contributed by atoms with E-state index in [1.54, 1.807) is 13.8 Å². The first kappa shape index (κ1) is 28.3. The van der Waals surface area contributed by atoms with Gasteiger partial charge in [-0.05, 0) is 34.0 Å². The number of pyridine rings is 1. The molecule has 0 radical (unpaired) electrons. The number of anilines is 2. The molecule has 9 nitrogen and oxygen atoms in total. The lowest BCUT2D eigenvalue weighted by Gasteiger charge is -2.36. The lowest BCUT2D eigenvalue weighted by molar-refractivity contribution is -0.132. The maximum Gasteiger partial charge on any atom is 0.273 e. The van der Waals surface area contributed by atoms with Gasteiger partial charge in [-0.3, -0.25) is 4.79 Å². The third-order valence-electron chi connectivity index (χ3n) is 6.68. The molecule has 1 aliphatic heterocycles. The van der Waals surface area contributed by atoms with Crippen LogP contribution in [0.4, 0.5) is 24.7 Å². The van der Waals surface area contributed by atoms with Crippen LogP contribution in [-0.4, -0.2) is 84.6 Å². The molecule has 39 heavy (non-hydrogen) atoms. The molecule has 1 fully saturated rings. The summed E-state index contributed by atoms with van der Waals surface area (Å²) in [7, 11) is 5.25. The lowest BCUT2D eigenvalue weighted by Crippen LogP contribution is -2.50. The Bertz CT molecular complexity index is 1360. The van der Waals surface area contributed by atoms with Crippen molar-refractivity contribution in [2.75, 3.05) is 64.1 Å². The summed E-state index contributed by atoms with van der Waals surface area (Å²) in [6.45, 7) is 6.68. The zero-order valence-corrected chi connectivity index (χ0v) is 23.1. The van der Waals surface area contributed by atoms with E-state index in [-0.39, 0.29) is 11.5 Å². The van der Waals surface area contributed by atoms with Crippen molar-refractivity contribution in [3.63, 3.8) is 0 Å². The van der Waals surface area contributed by atoms with E-state index in [0.717, 1.165) is 6.07 Å². The minimum Gasteiger partial charge on any atom is -0.479 e. The molecule has 0 saturated carbocycles. The number of fused-ring (bicyclic) bond motifs is 1. The number of aryl methyl sites for hydroxylation is 1. The molecule has 12 heteroatoms. The van der Waals surface area contributed by atoms with E-state index >= 15 is 4.39 Å². The molecule has 1 N–H and O–H groups in total. The number of hydrogen-bond donors (Lipinski definition) is 1. The van der Waals surface area contributed by atoms with Gasteiger partial charge < -0.3 is 24.8 Å². The minimum atomic E-state index is -3.31. The lowest BCUT2D eigenvalue weighted by atomic mass is 10.0. The Morgan fingerprint density at radius 1 is 1.18 bits per heavy atom. The SMILES string of the molecule is COc1nc2nc(C)nc(N[C@H](C)c3cccc(C(C)(F)F)c3F)c2cc1N1CCN(C(=O)CN(C)C)CC1. The Labute approximate surface area is 226 Å². The fraction of sp³-hybridized carbons (Fsp3) is 0.481. The van der Waals surface area contributed by atoms with Gasteiger partial charge in [-0.25, -0.2) is 23.1 Å². The van der Waals surface area contributed by atoms with Crippen LogP contribution in [0.5, 0.6) is 5.88 Å². The van der Waals surface area contributed by atoms with E-state index in [2.05, 4.69) is 25.2 Å². The number of benzene rings is 1. The number of nitrogens with zero attached hydrogens (tertiary/aromatic N) is 6. The topological polar surface area (TPSA) is 86.7 Å². The van der Waals surface area contributed by atoms with Crippen LogP contribution in [0.1, 0.15) is 36.8 Å². The molecule has 3 aromatic rings. The van der Waals surface area contributed by atoms with Crippen molar-refractivity contribution in [1.29, 1.82) is 0 Å². The zero-order valence-electron chi connectivity index (χ0n) is 23.1. The predicted molar refractivity (Wildman–Crippen MR) is 144 cm³/mol. The maximum atomic E-state index is 15.1. The zero-order chi connectivity index (χ0) is 28.5. The highest BCUT2D eigenvalue weighted by Gasteiger charge is 2.30. The molecule has 1 aliphatic rings. The number of amides is 1. The van der Waals surface area contributed by atoms with Crippen LogP contribution < -0.4 is 15.0 Å². The Kier molecular flexibility index (Phi) is 8.15. The highest BCUT2D eigenvalue weighted by atomic mass is 19.3. The van der Waals surface area contributed by atoms with Gasteiger partial charge in [-0.15, -0.1) is 0 Å². The summed E-state index contributed by atoms with van der Waals surface area (Å²) < 4.78 is 48.5. The number of nitrogens with one attached hydrogen (secondary N) is 1.